The van der Waals surface area contributed by atoms with Crippen LogP contribution in [0.25, 0.3) is 0 Å². The van der Waals surface area contributed by atoms with Gasteiger partial charge in [-0.3, -0.25) is 14.5 Å². The molecule has 0 rings (SSSR count). The van der Waals surface area contributed by atoms with Crippen molar-refractivity contribution in [3.63, 3.8) is 0 Å². The lowest BCUT2D eigenvalue weighted by molar-refractivity contribution is -0.143. The molecule has 3 N–H and O–H groups in total. The molecule has 0 bridgehead atoms. The molecule has 0 radical (unpaired) electrons. The first-order valence-corrected chi connectivity index (χ1v) is 2.83. The summed E-state index contributed by atoms with van der Waals surface area (Å²) < 4.78 is 0. The summed E-state index contributed by atoms with van der Waals surface area (Å²) in [6.07, 6.45) is 0. The molecule has 0 aromatic heterocycles. The summed E-state index contributed by atoms with van der Waals surface area (Å²) in [5.41, 5.74) is 0. The molecule has 0 saturated carbocycles. The fourth-order valence-electron chi connectivity index (χ4n) is 0.538. The number of aliphatic carboxylic acids is 2. The van der Waals surface area contributed by atoms with Gasteiger partial charge in [0, 0.05) is 0 Å². The van der Waals surface area contributed by atoms with Crippen LogP contribution >= 0.6 is 0 Å². The highest BCUT2D eigenvalue weighted by atomic mass is 16.4. The van der Waals surface area contributed by atoms with Crippen LogP contribution in [0, 0.1) is 0 Å². The number of carboxylic acid groups (broad SMARTS) is 2. The fraction of sp³-hybridized carbons (Fsp3) is 0.600. The van der Waals surface area contributed by atoms with E-state index in [1.54, 1.807) is 0 Å². The lowest BCUT2D eigenvalue weighted by Crippen LogP contribution is -2.35. The average molecular weight is 163 g/mol. The van der Waals surface area contributed by atoms with Crippen molar-refractivity contribution in [3.05, 3.63) is 0 Å². The van der Waals surface area contributed by atoms with Crippen molar-refractivity contribution in [2.24, 2.45) is 0 Å². The minimum Gasteiger partial charge on any atom is -0.480 e. The predicted molar refractivity (Wildman–Crippen MR) is 33.9 cm³/mol. The molecular formula is C5H9NO5. The molecule has 0 fully saturated rings. The van der Waals surface area contributed by atoms with E-state index < -0.39 is 31.8 Å². The summed E-state index contributed by atoms with van der Waals surface area (Å²) in [6.45, 7) is -1.51. The monoisotopic (exact) mass is 163 g/mol. The third kappa shape index (κ3) is 5.31. The van der Waals surface area contributed by atoms with E-state index in [0.717, 1.165) is 4.90 Å². The second kappa shape index (κ2) is 4.64. The zero-order chi connectivity index (χ0) is 8.85. The van der Waals surface area contributed by atoms with Crippen LogP contribution in [0.4, 0.5) is 0 Å². The van der Waals surface area contributed by atoms with E-state index in [2.05, 4.69) is 0 Å². The van der Waals surface area contributed by atoms with Gasteiger partial charge >= 0.3 is 11.9 Å². The fourth-order valence-corrected chi connectivity index (χ4v) is 0.538. The number of carboxylic acids is 2. The summed E-state index contributed by atoms with van der Waals surface area (Å²) in [5, 5.41) is 24.8. The number of aliphatic hydroxyl groups is 1. The maximum Gasteiger partial charge on any atom is 0.317 e. The van der Waals surface area contributed by atoms with Gasteiger partial charge in [0.05, 0.1) is 19.8 Å². The molecule has 0 spiro atoms. The maximum atomic E-state index is 10.0. The summed E-state index contributed by atoms with van der Waals surface area (Å²) in [6, 6.07) is 0. The first-order valence-electron chi connectivity index (χ1n) is 2.83. The van der Waals surface area contributed by atoms with Gasteiger partial charge in [-0.15, -0.1) is 0 Å². The Bertz CT molecular complexity index is 141. The summed E-state index contributed by atoms with van der Waals surface area (Å²) in [7, 11) is 0. The number of nitrogens with zero attached hydrogens (tertiary/aromatic N) is 1. The zero-order valence-electron chi connectivity index (χ0n) is 5.73. The second-order valence-electron chi connectivity index (χ2n) is 1.92. The number of hydrogen-bond acceptors (Lipinski definition) is 4. The molecule has 0 amide bonds. The lowest BCUT2D eigenvalue weighted by Gasteiger charge is -2.12. The summed E-state index contributed by atoms with van der Waals surface area (Å²) in [4.78, 5) is 20.9. The van der Waals surface area contributed by atoms with Crippen molar-refractivity contribution in [2.45, 2.75) is 0 Å². The van der Waals surface area contributed by atoms with E-state index in [-0.39, 0.29) is 0 Å². The van der Waals surface area contributed by atoms with Crippen LogP contribution in [0.15, 0.2) is 0 Å². The van der Waals surface area contributed by atoms with Crippen LogP contribution in [-0.4, -0.2) is 52.0 Å². The molecule has 0 saturated heterocycles. The average Bonchev–Trinajstić information content (AvgIpc) is 1.84. The smallest absolute Gasteiger partial charge is 0.317 e. The zero-order valence-corrected chi connectivity index (χ0v) is 5.73. The van der Waals surface area contributed by atoms with Gasteiger partial charge in [-0.2, -0.15) is 0 Å². The minimum absolute atomic E-state index is 0.469. The van der Waals surface area contributed by atoms with Crippen LogP contribution in [0.3, 0.4) is 0 Å². The first-order chi connectivity index (χ1) is 5.06. The van der Waals surface area contributed by atoms with Crippen molar-refractivity contribution < 1.29 is 24.9 Å². The molecule has 11 heavy (non-hydrogen) atoms. The minimum atomic E-state index is -1.17. The van der Waals surface area contributed by atoms with E-state index in [4.69, 9.17) is 15.3 Å². The van der Waals surface area contributed by atoms with Crippen LogP contribution < -0.4 is 0 Å². The normalized spacial score (nSPS) is 10.0. The highest BCUT2D eigenvalue weighted by Crippen LogP contribution is 1.84. The predicted octanol–water partition coefficient (Wildman–Crippen LogP) is -1.59. The third-order valence-corrected chi connectivity index (χ3v) is 0.918. The Morgan fingerprint density at radius 3 is 1.64 bits per heavy atom. The van der Waals surface area contributed by atoms with Gasteiger partial charge in [0.25, 0.3) is 0 Å². The number of hydrogen-bond donors (Lipinski definition) is 3. The van der Waals surface area contributed by atoms with Gasteiger partial charge in [-0.1, -0.05) is 0 Å². The molecule has 0 aliphatic rings. The standard InChI is InChI=1S/C5H9NO5/c7-3-6(1-4(8)9)2-5(10)11/h7H,1-3H2,(H,8,9)(H,10,11). The molecule has 0 aliphatic heterocycles. The van der Waals surface area contributed by atoms with Gasteiger partial charge < -0.3 is 15.3 Å². The third-order valence-electron chi connectivity index (χ3n) is 0.918. The van der Waals surface area contributed by atoms with Crippen LogP contribution in [0.2, 0.25) is 0 Å². The summed E-state index contributed by atoms with van der Waals surface area (Å²) in [5.74, 6) is -2.33. The summed E-state index contributed by atoms with van der Waals surface area (Å²) >= 11 is 0. The quantitative estimate of drug-likeness (QED) is 0.422. The van der Waals surface area contributed by atoms with E-state index in [1.165, 1.54) is 0 Å². The Hall–Kier alpha value is -1.14. The molecule has 0 aliphatic carbocycles. The van der Waals surface area contributed by atoms with E-state index in [1.807, 2.05) is 0 Å². The van der Waals surface area contributed by atoms with Gasteiger partial charge in [-0.25, -0.2) is 0 Å². The van der Waals surface area contributed by atoms with E-state index in [0.29, 0.717) is 0 Å². The second-order valence-corrected chi connectivity index (χ2v) is 1.92. The molecule has 6 heteroatoms. The molecular weight excluding hydrogens is 154 g/mol. The Kier molecular flexibility index (Phi) is 4.16. The van der Waals surface area contributed by atoms with E-state index in [9.17, 15) is 9.59 Å². The van der Waals surface area contributed by atoms with Crippen molar-refractivity contribution in [1.82, 2.24) is 4.90 Å². The Labute approximate surface area is 62.7 Å². The van der Waals surface area contributed by atoms with Gasteiger partial charge in [-0.05, 0) is 0 Å². The van der Waals surface area contributed by atoms with Crippen LogP contribution in [0.1, 0.15) is 0 Å². The number of rotatable bonds is 5. The number of aliphatic hydroxyl groups excluding tert-OH is 1. The number of carbonyl (C=O) groups is 2. The molecule has 0 aromatic rings. The van der Waals surface area contributed by atoms with Crippen LogP contribution in [0.5, 0.6) is 0 Å². The van der Waals surface area contributed by atoms with Gasteiger partial charge in [0.1, 0.15) is 0 Å². The lowest BCUT2D eigenvalue weighted by atomic mass is 10.5. The Morgan fingerprint density at radius 2 is 1.45 bits per heavy atom. The van der Waals surface area contributed by atoms with Gasteiger partial charge in [0.15, 0.2) is 0 Å². The highest BCUT2D eigenvalue weighted by Gasteiger charge is 2.10. The van der Waals surface area contributed by atoms with Gasteiger partial charge in [0.2, 0.25) is 0 Å². The van der Waals surface area contributed by atoms with E-state index >= 15 is 0 Å². The Balaban J connectivity index is 3.76. The molecule has 0 atom stereocenters. The van der Waals surface area contributed by atoms with Crippen molar-refractivity contribution >= 4 is 11.9 Å². The molecule has 64 valence electrons. The van der Waals surface area contributed by atoms with Crippen LogP contribution in [-0.2, 0) is 9.59 Å². The first kappa shape index (κ1) is 9.86. The SMILES string of the molecule is O=C(O)CN(CO)CC(=O)O. The molecule has 0 unspecified atom stereocenters. The molecule has 0 aromatic carbocycles. The van der Waals surface area contributed by atoms with Crippen molar-refractivity contribution in [1.29, 1.82) is 0 Å². The van der Waals surface area contributed by atoms with Crippen molar-refractivity contribution in [2.75, 3.05) is 19.8 Å². The maximum absolute atomic E-state index is 10.0. The Morgan fingerprint density at radius 1 is 1.09 bits per heavy atom. The highest BCUT2D eigenvalue weighted by molar-refractivity contribution is 5.72. The molecule has 6 nitrogen and oxygen atoms in total. The van der Waals surface area contributed by atoms with Crippen molar-refractivity contribution in [3.8, 4) is 0 Å². The molecule has 0 heterocycles. The topological polar surface area (TPSA) is 98.1 Å². The largest absolute Gasteiger partial charge is 0.480 e.